The Labute approximate surface area is 105 Å². The van der Waals surface area contributed by atoms with Crippen LogP contribution < -0.4 is 5.73 Å². The lowest BCUT2D eigenvalue weighted by Crippen LogP contribution is -1.98. The van der Waals surface area contributed by atoms with E-state index in [0.717, 1.165) is 27.1 Å². The highest BCUT2D eigenvalue weighted by molar-refractivity contribution is 7.99. The third kappa shape index (κ3) is 2.74. The van der Waals surface area contributed by atoms with Crippen molar-refractivity contribution in [2.45, 2.75) is 31.0 Å². The lowest BCUT2D eigenvalue weighted by atomic mass is 10.2. The summed E-state index contributed by atoms with van der Waals surface area (Å²) in [5.74, 6) is 0. The number of hydrogen-bond donors (Lipinski definition) is 1. The van der Waals surface area contributed by atoms with Crippen molar-refractivity contribution in [3.05, 3.63) is 35.3 Å². The highest BCUT2D eigenvalue weighted by atomic mass is 32.2. The van der Waals surface area contributed by atoms with Crippen LogP contribution in [0.3, 0.4) is 0 Å². The van der Waals surface area contributed by atoms with E-state index in [0.29, 0.717) is 5.69 Å². The van der Waals surface area contributed by atoms with Crippen LogP contribution in [0.25, 0.3) is 0 Å². The Balaban J connectivity index is 2.27. The van der Waals surface area contributed by atoms with Gasteiger partial charge in [-0.05, 0) is 50.2 Å². The topological polar surface area (TPSA) is 64.7 Å². The Hall–Kier alpha value is -1.62. The molecule has 0 fully saturated rings. The van der Waals surface area contributed by atoms with Gasteiger partial charge in [-0.2, -0.15) is 0 Å². The molecule has 0 atom stereocenters. The van der Waals surface area contributed by atoms with Crippen LogP contribution in [0.15, 0.2) is 28.5 Å². The van der Waals surface area contributed by atoms with Crippen LogP contribution in [0, 0.1) is 20.8 Å². The summed E-state index contributed by atoms with van der Waals surface area (Å²) in [7, 11) is 0. The zero-order valence-corrected chi connectivity index (χ0v) is 10.9. The summed E-state index contributed by atoms with van der Waals surface area (Å²) in [5, 5.41) is 1.57. The molecular weight excluding hydrogens is 232 g/mol. The second kappa shape index (κ2) is 4.71. The number of pyridine rings is 1. The van der Waals surface area contributed by atoms with E-state index in [4.69, 9.17) is 5.73 Å². The monoisotopic (exact) mass is 246 g/mol. The Kier molecular flexibility index (Phi) is 3.28. The summed E-state index contributed by atoms with van der Waals surface area (Å²) in [4.78, 5) is 13.1. The molecule has 4 nitrogen and oxygen atoms in total. The second-order valence-electron chi connectivity index (χ2n) is 3.83. The van der Waals surface area contributed by atoms with Crippen LogP contribution in [0.2, 0.25) is 0 Å². The largest absolute Gasteiger partial charge is 0.397 e. The zero-order chi connectivity index (χ0) is 12.4. The van der Waals surface area contributed by atoms with Gasteiger partial charge in [0.1, 0.15) is 5.03 Å². The lowest BCUT2D eigenvalue weighted by molar-refractivity contribution is 0.878. The molecule has 2 heterocycles. The van der Waals surface area contributed by atoms with Crippen LogP contribution in [0.5, 0.6) is 0 Å². The van der Waals surface area contributed by atoms with Gasteiger partial charge in [0.25, 0.3) is 0 Å². The molecule has 0 bridgehead atoms. The third-order valence-corrected chi connectivity index (χ3v) is 3.38. The molecule has 0 aliphatic rings. The maximum Gasteiger partial charge on any atom is 0.194 e. The van der Waals surface area contributed by atoms with Crippen molar-refractivity contribution >= 4 is 17.4 Å². The van der Waals surface area contributed by atoms with Crippen LogP contribution >= 0.6 is 11.8 Å². The summed E-state index contributed by atoms with van der Waals surface area (Å²) >= 11 is 1.44. The maximum absolute atomic E-state index is 5.59. The molecule has 5 heteroatoms. The zero-order valence-electron chi connectivity index (χ0n) is 10.1. The summed E-state index contributed by atoms with van der Waals surface area (Å²) in [5.41, 5.74) is 9.40. The number of nitrogens with zero attached hydrogens (tertiary/aromatic N) is 3. The van der Waals surface area contributed by atoms with E-state index in [-0.39, 0.29) is 0 Å². The molecule has 0 saturated heterocycles. The van der Waals surface area contributed by atoms with Crippen LogP contribution in [0.4, 0.5) is 5.69 Å². The van der Waals surface area contributed by atoms with Gasteiger partial charge in [-0.1, -0.05) is 0 Å². The lowest BCUT2D eigenvalue weighted by Gasteiger charge is -2.06. The van der Waals surface area contributed by atoms with Gasteiger partial charge in [-0.25, -0.2) is 15.0 Å². The van der Waals surface area contributed by atoms with E-state index in [1.54, 1.807) is 6.20 Å². The quantitative estimate of drug-likeness (QED) is 0.825. The number of anilines is 1. The summed E-state index contributed by atoms with van der Waals surface area (Å²) in [6, 6.07) is 3.69. The van der Waals surface area contributed by atoms with Gasteiger partial charge < -0.3 is 5.73 Å². The predicted octanol–water partition coefficient (Wildman–Crippen LogP) is 2.53. The van der Waals surface area contributed by atoms with E-state index in [1.165, 1.54) is 11.8 Å². The average Bonchev–Trinajstić information content (AvgIpc) is 2.29. The summed E-state index contributed by atoms with van der Waals surface area (Å²) < 4.78 is 0. The fourth-order valence-electron chi connectivity index (χ4n) is 1.33. The SMILES string of the molecule is Cc1nc(Sc2ccc(N)cn2)nc(C)c1C. The molecule has 88 valence electrons. The minimum atomic E-state index is 0.659. The van der Waals surface area contributed by atoms with Crippen molar-refractivity contribution in [1.82, 2.24) is 15.0 Å². The Morgan fingerprint density at radius 2 is 1.71 bits per heavy atom. The minimum absolute atomic E-state index is 0.659. The Bertz CT molecular complexity index is 514. The van der Waals surface area contributed by atoms with Crippen molar-refractivity contribution in [3.63, 3.8) is 0 Å². The van der Waals surface area contributed by atoms with Crippen molar-refractivity contribution in [3.8, 4) is 0 Å². The van der Waals surface area contributed by atoms with Gasteiger partial charge in [0.2, 0.25) is 0 Å². The number of hydrogen-bond acceptors (Lipinski definition) is 5. The summed E-state index contributed by atoms with van der Waals surface area (Å²) in [6.07, 6.45) is 1.64. The standard InChI is InChI=1S/C12H14N4S/c1-7-8(2)15-12(16-9(7)3)17-11-5-4-10(13)6-14-11/h4-6H,13H2,1-3H3. The number of nitrogen functional groups attached to an aromatic ring is 1. The smallest absolute Gasteiger partial charge is 0.194 e. The van der Waals surface area contributed by atoms with E-state index in [9.17, 15) is 0 Å². The number of rotatable bonds is 2. The first-order valence-electron chi connectivity index (χ1n) is 5.27. The third-order valence-electron chi connectivity index (χ3n) is 2.57. The van der Waals surface area contributed by atoms with Gasteiger partial charge in [0.05, 0.1) is 11.9 Å². The predicted molar refractivity (Wildman–Crippen MR) is 69.0 cm³/mol. The minimum Gasteiger partial charge on any atom is -0.397 e. The highest BCUT2D eigenvalue weighted by Crippen LogP contribution is 2.24. The van der Waals surface area contributed by atoms with E-state index < -0.39 is 0 Å². The van der Waals surface area contributed by atoms with Crippen molar-refractivity contribution in [1.29, 1.82) is 0 Å². The van der Waals surface area contributed by atoms with Gasteiger partial charge in [-0.15, -0.1) is 0 Å². The molecule has 2 rings (SSSR count). The van der Waals surface area contributed by atoms with Crippen molar-refractivity contribution in [2.24, 2.45) is 0 Å². The highest BCUT2D eigenvalue weighted by Gasteiger charge is 2.06. The van der Waals surface area contributed by atoms with Crippen molar-refractivity contribution in [2.75, 3.05) is 5.73 Å². The van der Waals surface area contributed by atoms with Gasteiger partial charge in [0.15, 0.2) is 5.16 Å². The first-order valence-corrected chi connectivity index (χ1v) is 6.09. The molecule has 2 N–H and O–H groups in total. The number of nitrogens with two attached hydrogens (primary N) is 1. The average molecular weight is 246 g/mol. The molecule has 0 unspecified atom stereocenters. The molecule has 2 aromatic heterocycles. The van der Waals surface area contributed by atoms with Gasteiger partial charge >= 0.3 is 0 Å². The van der Waals surface area contributed by atoms with Crippen LogP contribution in [-0.4, -0.2) is 15.0 Å². The van der Waals surface area contributed by atoms with E-state index >= 15 is 0 Å². The van der Waals surface area contributed by atoms with Crippen molar-refractivity contribution < 1.29 is 0 Å². The molecule has 2 aromatic rings. The first-order chi connectivity index (χ1) is 8.06. The molecule has 0 saturated carbocycles. The fourth-order valence-corrected chi connectivity index (χ4v) is 2.13. The molecule has 0 aliphatic carbocycles. The fraction of sp³-hybridized carbons (Fsp3) is 0.250. The first kappa shape index (κ1) is 11.9. The van der Waals surface area contributed by atoms with Crippen LogP contribution in [0.1, 0.15) is 17.0 Å². The van der Waals surface area contributed by atoms with E-state index in [2.05, 4.69) is 15.0 Å². The molecule has 0 aliphatic heterocycles. The Morgan fingerprint density at radius 3 is 2.24 bits per heavy atom. The summed E-state index contributed by atoms with van der Waals surface area (Å²) in [6.45, 7) is 6.01. The Morgan fingerprint density at radius 1 is 1.06 bits per heavy atom. The van der Waals surface area contributed by atoms with Gasteiger partial charge in [0, 0.05) is 11.4 Å². The molecular formula is C12H14N4S. The number of aromatic nitrogens is 3. The normalized spacial score (nSPS) is 10.5. The molecule has 0 aromatic carbocycles. The molecule has 0 radical (unpaired) electrons. The maximum atomic E-state index is 5.59. The molecule has 0 spiro atoms. The number of aryl methyl sites for hydroxylation is 2. The molecule has 17 heavy (non-hydrogen) atoms. The van der Waals surface area contributed by atoms with Crippen LogP contribution in [-0.2, 0) is 0 Å². The van der Waals surface area contributed by atoms with E-state index in [1.807, 2.05) is 32.9 Å². The molecule has 0 amide bonds. The van der Waals surface area contributed by atoms with Gasteiger partial charge in [-0.3, -0.25) is 0 Å². The second-order valence-corrected chi connectivity index (χ2v) is 4.82.